The lowest BCUT2D eigenvalue weighted by Gasteiger charge is -2.19. The van der Waals surface area contributed by atoms with Gasteiger partial charge in [0.25, 0.3) is 5.78 Å². The molecule has 8 heteroatoms. The van der Waals surface area contributed by atoms with E-state index in [1.54, 1.807) is 4.52 Å². The van der Waals surface area contributed by atoms with Crippen LogP contribution >= 0.6 is 11.8 Å². The molecule has 170 valence electrons. The van der Waals surface area contributed by atoms with Crippen molar-refractivity contribution in [3.8, 4) is 0 Å². The Bertz CT molecular complexity index is 1040. The van der Waals surface area contributed by atoms with E-state index in [4.69, 9.17) is 0 Å². The molecule has 1 aromatic carbocycles. The number of likely N-dealkylation sites (tertiary alicyclic amines) is 1. The van der Waals surface area contributed by atoms with Gasteiger partial charge in [0.1, 0.15) is 0 Å². The van der Waals surface area contributed by atoms with Gasteiger partial charge in [-0.25, -0.2) is 9.50 Å². The molecule has 1 aliphatic rings. The molecule has 4 rings (SSSR count). The number of thioether (sulfide) groups is 1. The summed E-state index contributed by atoms with van der Waals surface area (Å²) in [7, 11) is 0. The second-order valence-electron chi connectivity index (χ2n) is 8.42. The maximum Gasteiger partial charge on any atom is 0.253 e. The van der Waals surface area contributed by atoms with Gasteiger partial charge in [-0.05, 0) is 50.9 Å². The van der Waals surface area contributed by atoms with E-state index in [-0.39, 0.29) is 5.91 Å². The highest BCUT2D eigenvalue weighted by atomic mass is 32.2. The Morgan fingerprint density at radius 3 is 2.56 bits per heavy atom. The van der Waals surface area contributed by atoms with Crippen LogP contribution in [0.5, 0.6) is 0 Å². The van der Waals surface area contributed by atoms with Crippen molar-refractivity contribution in [2.24, 2.45) is 0 Å². The van der Waals surface area contributed by atoms with Gasteiger partial charge in [-0.15, -0.1) is 5.10 Å². The van der Waals surface area contributed by atoms with Crippen LogP contribution in [0.1, 0.15) is 48.2 Å². The number of hydrogen-bond acceptors (Lipinski definition) is 6. The topological polar surface area (TPSA) is 75.4 Å². The molecular weight excluding hydrogens is 420 g/mol. The van der Waals surface area contributed by atoms with Gasteiger partial charge in [-0.1, -0.05) is 54.9 Å². The number of aromatic nitrogens is 4. The summed E-state index contributed by atoms with van der Waals surface area (Å²) in [6, 6.07) is 10.4. The van der Waals surface area contributed by atoms with Gasteiger partial charge in [-0.3, -0.25) is 4.79 Å². The Labute approximate surface area is 194 Å². The van der Waals surface area contributed by atoms with Gasteiger partial charge >= 0.3 is 0 Å². The summed E-state index contributed by atoms with van der Waals surface area (Å²) >= 11 is 1.36. The van der Waals surface area contributed by atoms with E-state index in [9.17, 15) is 4.79 Å². The lowest BCUT2D eigenvalue weighted by atomic mass is 10.0. The maximum atomic E-state index is 12.3. The van der Waals surface area contributed by atoms with Crippen LogP contribution in [0.2, 0.25) is 0 Å². The van der Waals surface area contributed by atoms with Gasteiger partial charge in [-0.2, -0.15) is 4.98 Å². The van der Waals surface area contributed by atoms with Crippen molar-refractivity contribution in [3.63, 3.8) is 0 Å². The lowest BCUT2D eigenvalue weighted by Crippen LogP contribution is -2.36. The third-order valence-corrected chi connectivity index (χ3v) is 6.87. The number of fused-ring (bicyclic) bond motifs is 1. The third-order valence-electron chi connectivity index (χ3n) is 6.03. The Morgan fingerprint density at radius 1 is 1.06 bits per heavy atom. The molecule has 0 bridgehead atoms. The van der Waals surface area contributed by atoms with E-state index < -0.39 is 0 Å². The normalized spacial score (nSPS) is 15.1. The van der Waals surface area contributed by atoms with Crippen molar-refractivity contribution < 1.29 is 4.79 Å². The Kier molecular flexibility index (Phi) is 7.76. The van der Waals surface area contributed by atoms with Crippen molar-refractivity contribution in [2.75, 3.05) is 31.9 Å². The van der Waals surface area contributed by atoms with Crippen LogP contribution in [0.3, 0.4) is 0 Å². The number of nitrogens with one attached hydrogen (secondary N) is 1. The number of nitrogens with zero attached hydrogens (tertiary/aromatic N) is 5. The van der Waals surface area contributed by atoms with E-state index in [0.717, 1.165) is 43.0 Å². The fourth-order valence-electron chi connectivity index (χ4n) is 4.20. The number of hydrogen-bond donors (Lipinski definition) is 1. The molecule has 3 aromatic rings. The molecular formula is C24H32N6OS. The predicted octanol–water partition coefficient (Wildman–Crippen LogP) is 3.42. The molecule has 3 heterocycles. The second kappa shape index (κ2) is 10.9. The number of benzene rings is 1. The molecule has 1 fully saturated rings. The average molecular weight is 453 g/mol. The van der Waals surface area contributed by atoms with Crippen LogP contribution < -0.4 is 5.32 Å². The molecule has 0 spiro atoms. The van der Waals surface area contributed by atoms with Gasteiger partial charge in [0, 0.05) is 30.9 Å². The monoisotopic (exact) mass is 452 g/mol. The Morgan fingerprint density at radius 2 is 1.81 bits per heavy atom. The summed E-state index contributed by atoms with van der Waals surface area (Å²) in [5.74, 6) is 0.918. The largest absolute Gasteiger partial charge is 0.354 e. The van der Waals surface area contributed by atoms with Crippen LogP contribution in [0.4, 0.5) is 0 Å². The van der Waals surface area contributed by atoms with E-state index in [2.05, 4.69) is 56.5 Å². The summed E-state index contributed by atoms with van der Waals surface area (Å²) < 4.78 is 1.80. The fraction of sp³-hybridized carbons (Fsp3) is 0.500. The quantitative estimate of drug-likeness (QED) is 0.528. The van der Waals surface area contributed by atoms with Gasteiger partial charge in [0.05, 0.1) is 5.75 Å². The Hall–Kier alpha value is -2.45. The predicted molar refractivity (Wildman–Crippen MR) is 128 cm³/mol. The number of carbonyl (C=O) groups is 1. The van der Waals surface area contributed by atoms with Crippen LogP contribution in [-0.2, 0) is 11.2 Å². The first-order valence-electron chi connectivity index (χ1n) is 11.5. The van der Waals surface area contributed by atoms with Crippen molar-refractivity contribution in [2.45, 2.75) is 51.1 Å². The van der Waals surface area contributed by atoms with Crippen molar-refractivity contribution in [3.05, 3.63) is 52.8 Å². The molecule has 0 atom stereocenters. The molecule has 1 amide bonds. The SMILES string of the molecule is Cc1nc2nc(SCC(=O)NCCN3CCCCCC3)nn2c(C)c1Cc1ccccc1. The smallest absolute Gasteiger partial charge is 0.253 e. The van der Waals surface area contributed by atoms with Crippen molar-refractivity contribution in [1.29, 1.82) is 0 Å². The van der Waals surface area contributed by atoms with Crippen LogP contribution in [0.15, 0.2) is 35.5 Å². The molecule has 1 aliphatic heterocycles. The average Bonchev–Trinajstić information content (AvgIpc) is 3.02. The zero-order chi connectivity index (χ0) is 22.3. The third kappa shape index (κ3) is 5.86. The highest BCUT2D eigenvalue weighted by Crippen LogP contribution is 2.20. The lowest BCUT2D eigenvalue weighted by molar-refractivity contribution is -0.118. The molecule has 0 saturated carbocycles. The second-order valence-corrected chi connectivity index (χ2v) is 9.37. The maximum absolute atomic E-state index is 12.3. The zero-order valence-electron chi connectivity index (χ0n) is 19.0. The van der Waals surface area contributed by atoms with Crippen molar-refractivity contribution >= 4 is 23.4 Å². The highest BCUT2D eigenvalue weighted by molar-refractivity contribution is 7.99. The molecule has 0 aliphatic carbocycles. The van der Waals surface area contributed by atoms with Crippen LogP contribution in [-0.4, -0.2) is 62.3 Å². The van der Waals surface area contributed by atoms with E-state index >= 15 is 0 Å². The van der Waals surface area contributed by atoms with E-state index in [1.807, 2.05) is 13.0 Å². The minimum Gasteiger partial charge on any atom is -0.354 e. The first-order chi connectivity index (χ1) is 15.6. The summed E-state index contributed by atoms with van der Waals surface area (Å²) in [5.41, 5.74) is 4.41. The molecule has 1 N–H and O–H groups in total. The number of rotatable bonds is 8. The van der Waals surface area contributed by atoms with Gasteiger partial charge < -0.3 is 10.2 Å². The number of amides is 1. The first kappa shape index (κ1) is 22.7. The first-order valence-corrected chi connectivity index (χ1v) is 12.5. The van der Waals surface area contributed by atoms with Gasteiger partial charge in [0.15, 0.2) is 0 Å². The van der Waals surface area contributed by atoms with Gasteiger partial charge in [0.2, 0.25) is 11.1 Å². The molecule has 0 radical (unpaired) electrons. The van der Waals surface area contributed by atoms with E-state index in [0.29, 0.717) is 23.2 Å². The molecule has 32 heavy (non-hydrogen) atoms. The number of carbonyl (C=O) groups excluding carboxylic acids is 1. The standard InChI is InChI=1S/C24H32N6OS/c1-18-21(16-20-10-6-5-7-11-20)19(2)30-23(26-18)27-24(28-30)32-17-22(31)25-12-15-29-13-8-3-4-9-14-29/h5-7,10-11H,3-4,8-9,12-17H2,1-2H3,(H,25,31). The number of aryl methyl sites for hydroxylation is 2. The zero-order valence-corrected chi connectivity index (χ0v) is 19.8. The highest BCUT2D eigenvalue weighted by Gasteiger charge is 2.15. The minimum atomic E-state index is 0.0225. The molecule has 0 unspecified atom stereocenters. The molecule has 2 aromatic heterocycles. The summed E-state index contributed by atoms with van der Waals surface area (Å²) in [4.78, 5) is 23.9. The van der Waals surface area contributed by atoms with Crippen LogP contribution in [0.25, 0.3) is 5.78 Å². The van der Waals surface area contributed by atoms with Crippen LogP contribution in [0, 0.1) is 13.8 Å². The fourth-order valence-corrected chi connectivity index (χ4v) is 4.85. The molecule has 1 saturated heterocycles. The minimum absolute atomic E-state index is 0.0225. The summed E-state index contributed by atoms with van der Waals surface area (Å²) in [6.07, 6.45) is 6.00. The summed E-state index contributed by atoms with van der Waals surface area (Å²) in [5, 5.41) is 8.22. The summed E-state index contributed by atoms with van der Waals surface area (Å²) in [6.45, 7) is 7.99. The Balaban J connectivity index is 1.33. The van der Waals surface area contributed by atoms with E-state index in [1.165, 1.54) is 43.0 Å². The molecule has 7 nitrogen and oxygen atoms in total. The van der Waals surface area contributed by atoms with Crippen molar-refractivity contribution in [1.82, 2.24) is 29.8 Å².